The average Bonchev–Trinajstić information content (AvgIpc) is 2.38. The summed E-state index contributed by atoms with van der Waals surface area (Å²) in [6.07, 6.45) is 1.09. The van der Waals surface area contributed by atoms with Crippen LogP contribution in [0.3, 0.4) is 0 Å². The fourth-order valence-electron chi connectivity index (χ4n) is 2.83. The molecule has 20 heavy (non-hydrogen) atoms. The third-order valence-corrected chi connectivity index (χ3v) is 5.25. The number of carbonyl (C=O) groups is 1. The number of nitrogens with zero attached hydrogens (tertiary/aromatic N) is 1. The lowest BCUT2D eigenvalue weighted by Crippen LogP contribution is -2.44. The maximum atomic E-state index is 12.2. The van der Waals surface area contributed by atoms with Gasteiger partial charge in [-0.2, -0.15) is 0 Å². The van der Waals surface area contributed by atoms with Crippen LogP contribution in [0.1, 0.15) is 20.3 Å². The zero-order valence-corrected chi connectivity index (χ0v) is 12.8. The van der Waals surface area contributed by atoms with Crippen molar-refractivity contribution in [3.63, 3.8) is 0 Å². The fourth-order valence-corrected chi connectivity index (χ4v) is 4.08. The van der Waals surface area contributed by atoms with Crippen molar-refractivity contribution in [2.75, 3.05) is 18.8 Å². The lowest BCUT2D eigenvalue weighted by Gasteiger charge is -2.35. The Morgan fingerprint density at radius 3 is 2.25 bits per heavy atom. The number of amides is 1. The van der Waals surface area contributed by atoms with Crippen LogP contribution in [0.25, 0.3) is 0 Å². The molecule has 1 saturated heterocycles. The summed E-state index contributed by atoms with van der Waals surface area (Å²) in [4.78, 5) is 14.1. The Morgan fingerprint density at radius 1 is 1.15 bits per heavy atom. The number of piperidine rings is 1. The summed E-state index contributed by atoms with van der Waals surface area (Å²) in [5.41, 5.74) is 0. The van der Waals surface area contributed by atoms with Gasteiger partial charge in [0.05, 0.1) is 4.90 Å². The molecule has 0 saturated carbocycles. The highest BCUT2D eigenvalue weighted by Crippen LogP contribution is 2.21. The smallest absolute Gasteiger partial charge is 0.238 e. The molecule has 2 atom stereocenters. The number of carbonyl (C=O) groups excluding carboxylic acids is 1. The minimum Gasteiger partial charge on any atom is -0.341 e. The minimum atomic E-state index is -3.54. The highest BCUT2D eigenvalue weighted by atomic mass is 32.2. The van der Waals surface area contributed by atoms with E-state index in [1.807, 2.05) is 0 Å². The molecule has 1 aromatic rings. The molecule has 1 heterocycles. The van der Waals surface area contributed by atoms with Gasteiger partial charge in [-0.05, 0) is 30.4 Å². The zero-order valence-electron chi connectivity index (χ0n) is 12.0. The second kappa shape index (κ2) is 5.95. The van der Waals surface area contributed by atoms with Crippen LogP contribution in [-0.4, -0.2) is 38.1 Å². The predicted octanol–water partition coefficient (Wildman–Crippen LogP) is 1.96. The lowest BCUT2D eigenvalue weighted by atomic mass is 9.92. The summed E-state index contributed by atoms with van der Waals surface area (Å²) < 4.78 is 24.4. The van der Waals surface area contributed by atoms with Gasteiger partial charge >= 0.3 is 0 Å². The van der Waals surface area contributed by atoms with E-state index in [9.17, 15) is 13.2 Å². The Labute approximate surface area is 120 Å². The third-order valence-electron chi connectivity index (χ3n) is 3.64. The number of likely N-dealkylation sites (tertiary alicyclic amines) is 1. The van der Waals surface area contributed by atoms with Crippen LogP contribution in [-0.2, 0) is 14.6 Å². The molecule has 2 rings (SSSR count). The first-order valence-corrected chi connectivity index (χ1v) is 8.59. The van der Waals surface area contributed by atoms with Gasteiger partial charge in [-0.1, -0.05) is 32.0 Å². The van der Waals surface area contributed by atoms with Crippen molar-refractivity contribution in [3.8, 4) is 0 Å². The maximum absolute atomic E-state index is 12.2. The van der Waals surface area contributed by atoms with E-state index in [4.69, 9.17) is 0 Å². The molecule has 5 heteroatoms. The van der Waals surface area contributed by atoms with E-state index in [0.29, 0.717) is 24.9 Å². The summed E-state index contributed by atoms with van der Waals surface area (Å²) in [5, 5.41) is 0. The highest BCUT2D eigenvalue weighted by molar-refractivity contribution is 7.92. The molecular formula is C15H21NO3S. The molecule has 1 aromatic carbocycles. The van der Waals surface area contributed by atoms with Crippen molar-refractivity contribution in [1.82, 2.24) is 4.90 Å². The summed E-state index contributed by atoms with van der Waals surface area (Å²) in [7, 11) is -3.54. The molecule has 0 spiro atoms. The quantitative estimate of drug-likeness (QED) is 0.856. The van der Waals surface area contributed by atoms with Gasteiger partial charge in [0.1, 0.15) is 5.75 Å². The summed E-state index contributed by atoms with van der Waals surface area (Å²) in [6, 6.07) is 8.16. The fraction of sp³-hybridized carbons (Fsp3) is 0.533. The van der Waals surface area contributed by atoms with Crippen molar-refractivity contribution in [3.05, 3.63) is 30.3 Å². The molecule has 1 amide bonds. The average molecular weight is 295 g/mol. The van der Waals surface area contributed by atoms with Crippen molar-refractivity contribution >= 4 is 15.7 Å². The lowest BCUT2D eigenvalue weighted by molar-refractivity contribution is -0.131. The highest BCUT2D eigenvalue weighted by Gasteiger charge is 2.28. The van der Waals surface area contributed by atoms with Gasteiger partial charge in [-0.25, -0.2) is 8.42 Å². The van der Waals surface area contributed by atoms with Crippen LogP contribution in [0.2, 0.25) is 0 Å². The summed E-state index contributed by atoms with van der Waals surface area (Å²) >= 11 is 0. The molecule has 0 N–H and O–H groups in total. The Bertz CT molecular complexity index is 558. The second-order valence-electron chi connectivity index (χ2n) is 5.82. The van der Waals surface area contributed by atoms with Gasteiger partial charge in [-0.15, -0.1) is 0 Å². The van der Waals surface area contributed by atoms with E-state index in [0.717, 1.165) is 6.42 Å². The molecule has 0 unspecified atom stereocenters. The molecule has 1 aliphatic rings. The van der Waals surface area contributed by atoms with Gasteiger partial charge in [0.25, 0.3) is 0 Å². The molecule has 1 aliphatic heterocycles. The number of hydrogen-bond donors (Lipinski definition) is 0. The van der Waals surface area contributed by atoms with Gasteiger partial charge < -0.3 is 4.90 Å². The van der Waals surface area contributed by atoms with E-state index >= 15 is 0 Å². The van der Waals surface area contributed by atoms with E-state index in [2.05, 4.69) is 13.8 Å². The molecule has 1 fully saturated rings. The van der Waals surface area contributed by atoms with Crippen LogP contribution < -0.4 is 0 Å². The Balaban J connectivity index is 2.08. The van der Waals surface area contributed by atoms with Crippen molar-refractivity contribution in [1.29, 1.82) is 0 Å². The summed E-state index contributed by atoms with van der Waals surface area (Å²) in [6.45, 7) is 5.52. The van der Waals surface area contributed by atoms with Crippen molar-refractivity contribution in [2.45, 2.75) is 25.2 Å². The molecule has 110 valence electrons. The molecule has 0 aliphatic carbocycles. The Kier molecular flexibility index (Phi) is 4.48. The summed E-state index contributed by atoms with van der Waals surface area (Å²) in [5.74, 6) is 0.146. The standard InChI is InChI=1S/C15H21NO3S/c1-12-8-13(2)10-16(9-12)15(17)11-20(18,19)14-6-4-3-5-7-14/h3-7,12-13H,8-11H2,1-2H3/t12-,13-/m1/s1. The first-order chi connectivity index (χ1) is 9.38. The van der Waals surface area contributed by atoms with Crippen LogP contribution in [0.5, 0.6) is 0 Å². The first-order valence-electron chi connectivity index (χ1n) is 6.94. The van der Waals surface area contributed by atoms with E-state index in [-0.39, 0.29) is 10.8 Å². The van der Waals surface area contributed by atoms with Crippen LogP contribution in [0.4, 0.5) is 0 Å². The second-order valence-corrected chi connectivity index (χ2v) is 7.81. The SMILES string of the molecule is C[C@@H]1C[C@@H](C)CN(C(=O)CS(=O)(=O)c2ccccc2)C1. The first kappa shape index (κ1) is 15.0. The van der Waals surface area contributed by atoms with Gasteiger partial charge in [0.15, 0.2) is 9.84 Å². The minimum absolute atomic E-state index is 0.214. The predicted molar refractivity (Wildman–Crippen MR) is 78.0 cm³/mol. The largest absolute Gasteiger partial charge is 0.341 e. The topological polar surface area (TPSA) is 54.5 Å². The van der Waals surface area contributed by atoms with Gasteiger partial charge in [-0.3, -0.25) is 4.79 Å². The van der Waals surface area contributed by atoms with E-state index < -0.39 is 15.6 Å². The van der Waals surface area contributed by atoms with Gasteiger partial charge in [0.2, 0.25) is 5.91 Å². The molecule has 0 aromatic heterocycles. The number of benzene rings is 1. The van der Waals surface area contributed by atoms with Crippen LogP contribution >= 0.6 is 0 Å². The van der Waals surface area contributed by atoms with Crippen LogP contribution in [0.15, 0.2) is 35.2 Å². The van der Waals surface area contributed by atoms with E-state index in [1.54, 1.807) is 23.1 Å². The molecule has 0 radical (unpaired) electrons. The number of rotatable bonds is 3. The molecular weight excluding hydrogens is 274 g/mol. The third kappa shape index (κ3) is 3.60. The van der Waals surface area contributed by atoms with Gasteiger partial charge in [0, 0.05) is 13.1 Å². The number of sulfone groups is 1. The van der Waals surface area contributed by atoms with Crippen LogP contribution in [0, 0.1) is 11.8 Å². The van der Waals surface area contributed by atoms with E-state index in [1.165, 1.54) is 12.1 Å². The van der Waals surface area contributed by atoms with Crippen molar-refractivity contribution in [2.24, 2.45) is 11.8 Å². The van der Waals surface area contributed by atoms with Crippen molar-refractivity contribution < 1.29 is 13.2 Å². The molecule has 4 nitrogen and oxygen atoms in total. The monoisotopic (exact) mass is 295 g/mol. The molecule has 0 bridgehead atoms. The maximum Gasteiger partial charge on any atom is 0.238 e. The Hall–Kier alpha value is -1.36. The zero-order chi connectivity index (χ0) is 14.8. The number of hydrogen-bond acceptors (Lipinski definition) is 3. The Morgan fingerprint density at radius 2 is 1.70 bits per heavy atom. The normalized spacial score (nSPS) is 23.6.